The van der Waals surface area contributed by atoms with Crippen molar-refractivity contribution in [1.29, 1.82) is 0 Å². The van der Waals surface area contributed by atoms with Crippen LogP contribution in [0.4, 0.5) is 13.2 Å². The molecule has 0 bridgehead atoms. The van der Waals surface area contributed by atoms with Gasteiger partial charge in [-0.05, 0) is 54.4 Å². The van der Waals surface area contributed by atoms with Gasteiger partial charge in [0, 0.05) is 13.5 Å². The maximum atomic E-state index is 12.7. The van der Waals surface area contributed by atoms with Crippen LogP contribution in [0.1, 0.15) is 17.7 Å². The Bertz CT molecular complexity index is 1160. The molecule has 0 saturated heterocycles. The molecule has 10 nitrogen and oxygen atoms in total. The lowest BCUT2D eigenvalue weighted by Crippen LogP contribution is -2.23. The van der Waals surface area contributed by atoms with Crippen LogP contribution in [0, 0.1) is 6.92 Å². The molecular formula is C22H27F3N6O4S2. The largest absolute Gasteiger partial charge is 0.493 e. The maximum absolute atomic E-state index is 12.7. The van der Waals surface area contributed by atoms with Crippen molar-refractivity contribution >= 4 is 35.2 Å². The number of guanidine groups is 1. The Balaban J connectivity index is 0.000000271. The number of oxime groups is 1. The highest BCUT2D eigenvalue weighted by atomic mass is 32.2. The number of aliphatic carboxylic acids is 1. The van der Waals surface area contributed by atoms with E-state index in [1.807, 2.05) is 31.2 Å². The molecule has 0 radical (unpaired) electrons. The Kier molecular flexibility index (Phi) is 11.6. The summed E-state index contributed by atoms with van der Waals surface area (Å²) in [6.07, 6.45) is -3.72. The highest BCUT2D eigenvalue weighted by Gasteiger charge is 2.35. The van der Waals surface area contributed by atoms with E-state index in [1.165, 1.54) is 23.9 Å². The summed E-state index contributed by atoms with van der Waals surface area (Å²) in [4.78, 5) is 15.8. The fraction of sp³-hybridized carbons (Fsp3) is 0.318. The smallest absolute Gasteiger partial charge is 0.433 e. The predicted octanol–water partition coefficient (Wildman–Crippen LogP) is 3.82. The quantitative estimate of drug-likeness (QED) is 0.0902. The highest BCUT2D eigenvalue weighted by molar-refractivity contribution is 7.99. The van der Waals surface area contributed by atoms with E-state index in [2.05, 4.69) is 15.0 Å². The first-order valence-corrected chi connectivity index (χ1v) is 12.3. The second kappa shape index (κ2) is 14.3. The molecule has 0 amide bonds. The number of nitrogens with one attached hydrogen (secondary N) is 1. The summed E-state index contributed by atoms with van der Waals surface area (Å²) in [6.45, 7) is 2.83. The first-order valence-electron chi connectivity index (χ1n) is 10.7. The molecule has 1 aromatic carbocycles. The number of carboxylic acid groups (broad SMARTS) is 1. The Morgan fingerprint density at radius 3 is 2.51 bits per heavy atom. The van der Waals surface area contributed by atoms with E-state index in [1.54, 1.807) is 12.1 Å². The van der Waals surface area contributed by atoms with E-state index in [9.17, 15) is 18.0 Å². The van der Waals surface area contributed by atoms with Gasteiger partial charge in [-0.1, -0.05) is 17.7 Å². The van der Waals surface area contributed by atoms with Gasteiger partial charge in [-0.15, -0.1) is 11.3 Å². The first-order chi connectivity index (χ1) is 17.5. The van der Waals surface area contributed by atoms with Gasteiger partial charge >= 0.3 is 12.1 Å². The maximum Gasteiger partial charge on any atom is 0.433 e. The number of nitrogens with zero attached hydrogens (tertiary/aromatic N) is 3. The molecule has 0 saturated carbocycles. The van der Waals surface area contributed by atoms with Gasteiger partial charge in [-0.3, -0.25) is 9.48 Å². The topological polar surface area (TPSA) is 150 Å². The Labute approximate surface area is 219 Å². The molecule has 2 aromatic heterocycles. The fourth-order valence-corrected chi connectivity index (χ4v) is 4.38. The number of rotatable bonds is 11. The molecule has 2 heterocycles. The van der Waals surface area contributed by atoms with Gasteiger partial charge in [-0.2, -0.15) is 18.3 Å². The summed E-state index contributed by atoms with van der Waals surface area (Å²) in [5, 5.41) is 15.7. The molecule has 15 heteroatoms. The molecular weight excluding hydrogens is 533 g/mol. The molecule has 0 spiro atoms. The van der Waals surface area contributed by atoms with Crippen molar-refractivity contribution in [2.75, 3.05) is 19.8 Å². The van der Waals surface area contributed by atoms with E-state index in [0.29, 0.717) is 18.1 Å². The van der Waals surface area contributed by atoms with Crippen molar-refractivity contribution in [2.24, 2.45) is 23.7 Å². The van der Waals surface area contributed by atoms with E-state index < -0.39 is 17.8 Å². The standard InChI is InChI=1S/C11H10F3N3O2S2.C11H17N3O2/c1-17-8(11(12,13)14)4-6(16-17)7-2-3-10(20-7)21-15-5-9(18)19;1-9-3-5-10(6-4-9)15-7-2-8-16-14-11(12)13/h2-4,15H,5H2,1H3,(H,18,19);3-6H,2,7-8H2,1H3,(H4,12,13,14). The van der Waals surface area contributed by atoms with Crippen LogP contribution in [0.5, 0.6) is 5.75 Å². The third-order valence-electron chi connectivity index (χ3n) is 4.24. The average Bonchev–Trinajstić information content (AvgIpc) is 3.44. The molecule has 0 atom stereocenters. The molecule has 3 rings (SSSR count). The van der Waals surface area contributed by atoms with E-state index >= 15 is 0 Å². The van der Waals surface area contributed by atoms with Crippen LogP contribution in [0.25, 0.3) is 10.6 Å². The predicted molar refractivity (Wildman–Crippen MR) is 136 cm³/mol. The lowest BCUT2D eigenvalue weighted by atomic mass is 10.2. The zero-order chi connectivity index (χ0) is 27.4. The van der Waals surface area contributed by atoms with Gasteiger partial charge in [0.2, 0.25) is 5.96 Å². The minimum atomic E-state index is -4.45. The van der Waals surface area contributed by atoms with Crippen LogP contribution in [-0.4, -0.2) is 46.6 Å². The number of benzene rings is 1. The number of ether oxygens (including phenoxy) is 1. The van der Waals surface area contributed by atoms with Crippen LogP contribution < -0.4 is 20.9 Å². The number of carboxylic acids is 1. The lowest BCUT2D eigenvalue weighted by Gasteiger charge is -2.05. The van der Waals surface area contributed by atoms with Gasteiger partial charge in [-0.25, -0.2) is 4.72 Å². The Hall–Kier alpha value is -3.43. The van der Waals surface area contributed by atoms with E-state index in [-0.39, 0.29) is 18.2 Å². The molecule has 0 unspecified atom stereocenters. The SMILES string of the molecule is Cc1ccc(OCCCON=C(N)N)cc1.Cn1nc(-c2ccc(SNCC(=O)O)s2)cc1C(F)(F)F. The summed E-state index contributed by atoms with van der Waals surface area (Å²) in [7, 11) is 1.24. The van der Waals surface area contributed by atoms with E-state index in [0.717, 1.165) is 39.1 Å². The number of nitrogens with two attached hydrogens (primary N) is 2. The Morgan fingerprint density at radius 2 is 1.92 bits per heavy atom. The number of hydrogen-bond donors (Lipinski definition) is 4. The third kappa shape index (κ3) is 11.0. The summed E-state index contributed by atoms with van der Waals surface area (Å²) in [5.41, 5.74) is 10.8. The van der Waals surface area contributed by atoms with Crippen LogP contribution in [0.2, 0.25) is 0 Å². The third-order valence-corrected chi connectivity index (χ3v) is 6.27. The minimum absolute atomic E-state index is 0.0700. The Morgan fingerprint density at radius 1 is 1.22 bits per heavy atom. The minimum Gasteiger partial charge on any atom is -0.493 e. The highest BCUT2D eigenvalue weighted by Crippen LogP contribution is 2.36. The number of alkyl halides is 3. The number of carbonyl (C=O) groups is 1. The lowest BCUT2D eigenvalue weighted by molar-refractivity contribution is -0.143. The molecule has 0 aliphatic carbocycles. The zero-order valence-electron chi connectivity index (χ0n) is 20.0. The second-order valence-electron chi connectivity index (χ2n) is 7.34. The summed E-state index contributed by atoms with van der Waals surface area (Å²) < 4.78 is 47.7. The normalized spacial score (nSPS) is 10.8. The number of halogens is 3. The van der Waals surface area contributed by atoms with Gasteiger partial charge in [0.15, 0.2) is 0 Å². The van der Waals surface area contributed by atoms with Crippen LogP contribution >= 0.6 is 23.3 Å². The van der Waals surface area contributed by atoms with Gasteiger partial charge < -0.3 is 26.1 Å². The summed E-state index contributed by atoms with van der Waals surface area (Å²) in [5.74, 6) is -0.203. The van der Waals surface area contributed by atoms with Crippen LogP contribution in [-0.2, 0) is 22.9 Å². The van der Waals surface area contributed by atoms with Gasteiger partial charge in [0.1, 0.15) is 30.3 Å². The van der Waals surface area contributed by atoms with Crippen molar-refractivity contribution in [2.45, 2.75) is 23.7 Å². The number of aromatic nitrogens is 2. The zero-order valence-corrected chi connectivity index (χ0v) is 21.6. The molecule has 0 aliphatic rings. The van der Waals surface area contributed by atoms with Crippen molar-refractivity contribution in [3.8, 4) is 16.3 Å². The number of thiophene rings is 1. The first kappa shape index (κ1) is 29.8. The number of hydrogen-bond acceptors (Lipinski definition) is 8. The molecule has 3 aromatic rings. The number of aryl methyl sites for hydroxylation is 2. The monoisotopic (exact) mass is 560 g/mol. The van der Waals surface area contributed by atoms with Crippen molar-refractivity contribution in [3.05, 3.63) is 53.7 Å². The van der Waals surface area contributed by atoms with Crippen molar-refractivity contribution in [1.82, 2.24) is 14.5 Å². The van der Waals surface area contributed by atoms with E-state index in [4.69, 9.17) is 26.1 Å². The summed E-state index contributed by atoms with van der Waals surface area (Å²) in [6, 6.07) is 12.2. The molecule has 6 N–H and O–H groups in total. The van der Waals surface area contributed by atoms with Crippen molar-refractivity contribution in [3.63, 3.8) is 0 Å². The summed E-state index contributed by atoms with van der Waals surface area (Å²) >= 11 is 2.35. The molecule has 37 heavy (non-hydrogen) atoms. The molecule has 202 valence electrons. The average molecular weight is 561 g/mol. The second-order valence-corrected chi connectivity index (χ2v) is 9.61. The molecule has 0 fully saturated rings. The van der Waals surface area contributed by atoms with Crippen molar-refractivity contribution < 1.29 is 32.6 Å². The van der Waals surface area contributed by atoms with Gasteiger partial charge in [0.25, 0.3) is 0 Å². The molecule has 0 aliphatic heterocycles. The fourth-order valence-electron chi connectivity index (χ4n) is 2.60. The van der Waals surface area contributed by atoms with Gasteiger partial charge in [0.05, 0.1) is 15.7 Å². The van der Waals surface area contributed by atoms with Crippen LogP contribution in [0.3, 0.4) is 0 Å². The van der Waals surface area contributed by atoms with Crippen LogP contribution in [0.15, 0.2) is 51.8 Å².